The molecule has 0 radical (unpaired) electrons. The number of aryl methyl sites for hydroxylation is 2. The zero-order chi connectivity index (χ0) is 21.5. The van der Waals surface area contributed by atoms with Crippen LogP contribution in [0.25, 0.3) is 16.7 Å². The second-order valence-electron chi connectivity index (χ2n) is 7.59. The average Bonchev–Trinajstić information content (AvgIpc) is 3.35. The number of hydrogen-bond donors (Lipinski definition) is 1. The lowest BCUT2D eigenvalue weighted by Crippen LogP contribution is -2.28. The summed E-state index contributed by atoms with van der Waals surface area (Å²) in [7, 11) is 0. The number of nitrogens with zero attached hydrogens (tertiary/aromatic N) is 5. The van der Waals surface area contributed by atoms with E-state index in [-0.39, 0.29) is 23.9 Å². The second-order valence-corrected chi connectivity index (χ2v) is 8.58. The quantitative estimate of drug-likeness (QED) is 0.498. The van der Waals surface area contributed by atoms with Crippen molar-refractivity contribution in [2.24, 2.45) is 0 Å². The molecule has 0 fully saturated rings. The van der Waals surface area contributed by atoms with E-state index in [1.807, 2.05) is 50.2 Å². The number of thioether (sulfide) groups is 1. The van der Waals surface area contributed by atoms with E-state index in [2.05, 4.69) is 15.4 Å². The topological polar surface area (TPSA) is 94.7 Å². The predicted molar refractivity (Wildman–Crippen MR) is 120 cm³/mol. The Morgan fingerprint density at radius 3 is 2.94 bits per heavy atom. The van der Waals surface area contributed by atoms with E-state index in [4.69, 9.17) is 4.98 Å². The fourth-order valence-corrected chi connectivity index (χ4v) is 4.87. The van der Waals surface area contributed by atoms with E-state index in [0.29, 0.717) is 27.8 Å². The van der Waals surface area contributed by atoms with Gasteiger partial charge in [-0.25, -0.2) is 14.6 Å². The van der Waals surface area contributed by atoms with Gasteiger partial charge in [-0.3, -0.25) is 14.2 Å². The van der Waals surface area contributed by atoms with E-state index < -0.39 is 0 Å². The van der Waals surface area contributed by atoms with Crippen LogP contribution in [0.5, 0.6) is 0 Å². The number of nitrogens with one attached hydrogen (secondary N) is 1. The molecule has 9 heteroatoms. The van der Waals surface area contributed by atoms with E-state index in [0.717, 1.165) is 16.8 Å². The summed E-state index contributed by atoms with van der Waals surface area (Å²) in [5, 5.41) is 8.30. The second kappa shape index (κ2) is 7.66. The molecule has 1 aliphatic rings. The lowest BCUT2D eigenvalue weighted by Gasteiger charge is -2.14. The number of rotatable bonds is 4. The molecule has 4 heterocycles. The van der Waals surface area contributed by atoms with Gasteiger partial charge in [0.1, 0.15) is 11.2 Å². The number of pyridine rings is 1. The standard InChI is InChI=1S/C22H20N6O2S/c1-13-5-3-7-15(9-13)28-20-17(11-24-28)21(30)27-16(12-31-22(27)26-20)10-18(29)25-19-14(2)6-4-8-23-19/h3-9,11,16H,10,12H2,1-2H3,(H,23,25,29). The van der Waals surface area contributed by atoms with Crippen LogP contribution in [0.1, 0.15) is 23.6 Å². The number of hydrogen-bond acceptors (Lipinski definition) is 6. The maximum Gasteiger partial charge on any atom is 0.265 e. The van der Waals surface area contributed by atoms with E-state index in [9.17, 15) is 9.59 Å². The van der Waals surface area contributed by atoms with Crippen LogP contribution in [0.4, 0.5) is 5.82 Å². The van der Waals surface area contributed by atoms with Crippen LogP contribution in [0.15, 0.2) is 58.7 Å². The van der Waals surface area contributed by atoms with Gasteiger partial charge in [0.15, 0.2) is 10.8 Å². The maximum absolute atomic E-state index is 13.2. The molecule has 0 saturated heterocycles. The van der Waals surface area contributed by atoms with Gasteiger partial charge in [0.05, 0.1) is 17.9 Å². The highest BCUT2D eigenvalue weighted by atomic mass is 32.2. The predicted octanol–water partition coefficient (Wildman–Crippen LogP) is 3.27. The van der Waals surface area contributed by atoms with Gasteiger partial charge in [0.2, 0.25) is 5.91 Å². The summed E-state index contributed by atoms with van der Waals surface area (Å²) in [5.41, 5.74) is 3.21. The van der Waals surface area contributed by atoms with Crippen LogP contribution in [-0.2, 0) is 4.79 Å². The third-order valence-corrected chi connectivity index (χ3v) is 6.40. The lowest BCUT2D eigenvalue weighted by molar-refractivity contribution is -0.116. The largest absolute Gasteiger partial charge is 0.310 e. The van der Waals surface area contributed by atoms with Crippen LogP contribution in [0.3, 0.4) is 0 Å². The molecule has 31 heavy (non-hydrogen) atoms. The molecular formula is C22H20N6O2S. The van der Waals surface area contributed by atoms with Crippen molar-refractivity contribution in [2.75, 3.05) is 11.1 Å². The maximum atomic E-state index is 13.2. The van der Waals surface area contributed by atoms with Crippen molar-refractivity contribution in [3.63, 3.8) is 0 Å². The molecule has 156 valence electrons. The van der Waals surface area contributed by atoms with Crippen molar-refractivity contribution < 1.29 is 4.79 Å². The Morgan fingerprint density at radius 1 is 1.26 bits per heavy atom. The fraction of sp³-hybridized carbons (Fsp3) is 0.227. The van der Waals surface area contributed by atoms with Crippen LogP contribution in [0.2, 0.25) is 0 Å². The Kier molecular flexibility index (Phi) is 4.82. The monoisotopic (exact) mass is 432 g/mol. The van der Waals surface area contributed by atoms with Gasteiger partial charge >= 0.3 is 0 Å². The van der Waals surface area contributed by atoms with Crippen LogP contribution in [-0.4, -0.2) is 36.0 Å². The summed E-state index contributed by atoms with van der Waals surface area (Å²) in [5.74, 6) is 0.975. The molecule has 0 bridgehead atoms. The minimum Gasteiger partial charge on any atom is -0.310 e. The molecule has 4 aromatic rings. The summed E-state index contributed by atoms with van der Waals surface area (Å²) in [4.78, 5) is 34.8. The highest BCUT2D eigenvalue weighted by Gasteiger charge is 2.29. The molecule has 8 nitrogen and oxygen atoms in total. The van der Waals surface area contributed by atoms with Crippen molar-refractivity contribution >= 4 is 34.5 Å². The van der Waals surface area contributed by atoms with Crippen molar-refractivity contribution in [2.45, 2.75) is 31.5 Å². The first-order valence-electron chi connectivity index (χ1n) is 9.93. The van der Waals surface area contributed by atoms with Crippen LogP contribution in [0, 0.1) is 13.8 Å². The molecule has 0 saturated carbocycles. The van der Waals surface area contributed by atoms with Crippen LogP contribution < -0.4 is 10.9 Å². The van der Waals surface area contributed by atoms with Gasteiger partial charge in [-0.15, -0.1) is 0 Å². The smallest absolute Gasteiger partial charge is 0.265 e. The van der Waals surface area contributed by atoms with Gasteiger partial charge in [-0.1, -0.05) is 30.0 Å². The minimum atomic E-state index is -0.268. The summed E-state index contributed by atoms with van der Waals surface area (Å²) in [6, 6.07) is 11.3. The molecule has 1 amide bonds. The van der Waals surface area contributed by atoms with Crippen LogP contribution >= 0.6 is 11.8 Å². The summed E-state index contributed by atoms with van der Waals surface area (Å²) < 4.78 is 3.31. The third kappa shape index (κ3) is 3.50. The summed E-state index contributed by atoms with van der Waals surface area (Å²) in [6.45, 7) is 3.90. The number of carbonyl (C=O) groups is 1. The van der Waals surface area contributed by atoms with E-state index >= 15 is 0 Å². The van der Waals surface area contributed by atoms with Gasteiger partial charge in [0, 0.05) is 18.4 Å². The average molecular weight is 433 g/mol. The Bertz CT molecular complexity index is 1380. The van der Waals surface area contributed by atoms with Crippen molar-refractivity contribution in [1.29, 1.82) is 0 Å². The van der Waals surface area contributed by atoms with Crippen molar-refractivity contribution in [3.8, 4) is 5.69 Å². The molecule has 1 unspecified atom stereocenters. The molecule has 1 atom stereocenters. The molecule has 5 rings (SSSR count). The highest BCUT2D eigenvalue weighted by Crippen LogP contribution is 2.33. The number of anilines is 1. The number of carbonyl (C=O) groups excluding carboxylic acids is 1. The summed E-state index contributed by atoms with van der Waals surface area (Å²) in [6.07, 6.45) is 3.37. The molecule has 1 N–H and O–H groups in total. The van der Waals surface area contributed by atoms with E-state index in [1.54, 1.807) is 21.6 Å². The number of aromatic nitrogens is 5. The molecular weight excluding hydrogens is 412 g/mol. The molecule has 0 spiro atoms. The number of fused-ring (bicyclic) bond motifs is 2. The first-order chi connectivity index (χ1) is 15.0. The lowest BCUT2D eigenvalue weighted by atomic mass is 10.2. The molecule has 1 aliphatic heterocycles. The summed E-state index contributed by atoms with van der Waals surface area (Å²) >= 11 is 1.48. The Balaban J connectivity index is 1.46. The van der Waals surface area contributed by atoms with Gasteiger partial charge < -0.3 is 5.32 Å². The molecule has 1 aromatic carbocycles. The van der Waals surface area contributed by atoms with Crippen molar-refractivity contribution in [3.05, 3.63) is 70.3 Å². The third-order valence-electron chi connectivity index (χ3n) is 5.31. The zero-order valence-corrected chi connectivity index (χ0v) is 17.9. The number of benzene rings is 1. The Morgan fingerprint density at radius 2 is 2.13 bits per heavy atom. The van der Waals surface area contributed by atoms with Gasteiger partial charge in [0.25, 0.3) is 5.56 Å². The fourth-order valence-electron chi connectivity index (χ4n) is 3.74. The Labute approximate surface area is 182 Å². The zero-order valence-electron chi connectivity index (χ0n) is 17.1. The molecule has 0 aliphatic carbocycles. The SMILES string of the molecule is Cc1cccc(-n2ncc3c(=O)n4c(nc32)SCC4CC(=O)Nc2ncccc2C)c1. The minimum absolute atomic E-state index is 0.171. The molecule has 3 aromatic heterocycles. The first-order valence-corrected chi connectivity index (χ1v) is 10.9. The first kappa shape index (κ1) is 19.5. The highest BCUT2D eigenvalue weighted by molar-refractivity contribution is 7.99. The number of amides is 1. The van der Waals surface area contributed by atoms with Gasteiger partial charge in [-0.05, 0) is 43.2 Å². The van der Waals surface area contributed by atoms with Gasteiger partial charge in [-0.2, -0.15) is 5.10 Å². The normalized spacial score (nSPS) is 15.2. The Hall–Kier alpha value is -3.46. The van der Waals surface area contributed by atoms with Crippen molar-refractivity contribution in [1.82, 2.24) is 24.3 Å². The van der Waals surface area contributed by atoms with E-state index in [1.165, 1.54) is 11.8 Å².